The molecule has 0 aliphatic carbocycles. The molecule has 0 atom stereocenters. The van der Waals surface area contributed by atoms with Crippen LogP contribution in [0.15, 0.2) is 24.3 Å². The van der Waals surface area contributed by atoms with Crippen LogP contribution in [0.2, 0.25) is 4.47 Å². The van der Waals surface area contributed by atoms with Crippen molar-refractivity contribution < 1.29 is 14.7 Å². The van der Waals surface area contributed by atoms with E-state index in [1.165, 1.54) is 6.92 Å². The summed E-state index contributed by atoms with van der Waals surface area (Å²) >= 11 is -0.770. The fourth-order valence-electron chi connectivity index (χ4n) is 1.02. The average Bonchev–Trinajstić information content (AvgIpc) is 2.15. The van der Waals surface area contributed by atoms with E-state index in [0.717, 1.165) is 3.61 Å². The summed E-state index contributed by atoms with van der Waals surface area (Å²) in [6.07, 6.45) is 0. The molecule has 1 N–H and O–H groups in total. The van der Waals surface area contributed by atoms with E-state index in [1.54, 1.807) is 12.1 Å². The van der Waals surface area contributed by atoms with Gasteiger partial charge < -0.3 is 0 Å². The number of aliphatic carboxylic acids is 1. The molecule has 0 bridgehead atoms. The molecule has 3 nitrogen and oxygen atoms in total. The normalized spacial score (nSPS) is 9.79. The number of benzene rings is 1. The van der Waals surface area contributed by atoms with Crippen molar-refractivity contribution in [3.63, 3.8) is 0 Å². The number of carbonyl (C=O) groups excluding carboxylic acids is 1. The maximum absolute atomic E-state index is 11.2. The van der Waals surface area contributed by atoms with Crippen LogP contribution in [0.1, 0.15) is 17.3 Å². The molecule has 14 heavy (non-hydrogen) atoms. The molecule has 0 fully saturated rings. The molecular formula is C10H10O3Te. The van der Waals surface area contributed by atoms with E-state index in [9.17, 15) is 9.59 Å². The first-order chi connectivity index (χ1) is 6.61. The molecule has 1 rings (SSSR count). The molecule has 4 heteroatoms. The second-order valence-electron chi connectivity index (χ2n) is 2.73. The molecule has 0 unspecified atom stereocenters. The van der Waals surface area contributed by atoms with Crippen LogP contribution in [0.5, 0.6) is 0 Å². The molecule has 0 spiro atoms. The van der Waals surface area contributed by atoms with Crippen molar-refractivity contribution in [2.24, 2.45) is 0 Å². The van der Waals surface area contributed by atoms with Gasteiger partial charge in [-0.25, -0.2) is 0 Å². The van der Waals surface area contributed by atoms with Crippen LogP contribution in [0.3, 0.4) is 0 Å². The van der Waals surface area contributed by atoms with Crippen molar-refractivity contribution in [2.45, 2.75) is 11.4 Å². The van der Waals surface area contributed by atoms with E-state index in [0.29, 0.717) is 5.56 Å². The van der Waals surface area contributed by atoms with Crippen molar-refractivity contribution in [2.75, 3.05) is 0 Å². The summed E-state index contributed by atoms with van der Waals surface area (Å²) in [5.74, 6) is -0.776. The SMILES string of the molecule is CC(=O)c1ccccc1[Te]CC(=O)O. The third kappa shape index (κ3) is 3.13. The van der Waals surface area contributed by atoms with Crippen molar-refractivity contribution in [3.05, 3.63) is 29.8 Å². The molecule has 0 saturated carbocycles. The molecule has 74 valence electrons. The molecule has 1 aromatic rings. The third-order valence-electron chi connectivity index (χ3n) is 1.62. The van der Waals surface area contributed by atoms with Gasteiger partial charge in [-0.05, 0) is 0 Å². The van der Waals surface area contributed by atoms with Gasteiger partial charge in [0.2, 0.25) is 0 Å². The van der Waals surface area contributed by atoms with E-state index in [1.807, 2.05) is 12.1 Å². The van der Waals surface area contributed by atoms with Gasteiger partial charge in [0, 0.05) is 0 Å². The Balaban J connectivity index is 2.84. The van der Waals surface area contributed by atoms with Gasteiger partial charge in [-0.2, -0.15) is 0 Å². The van der Waals surface area contributed by atoms with Crippen LogP contribution in [0.25, 0.3) is 0 Å². The van der Waals surface area contributed by atoms with Crippen LogP contribution in [-0.4, -0.2) is 37.8 Å². The Morgan fingerprint density at radius 2 is 2.00 bits per heavy atom. The van der Waals surface area contributed by atoms with Gasteiger partial charge >= 0.3 is 92.2 Å². The van der Waals surface area contributed by atoms with Crippen molar-refractivity contribution in [1.29, 1.82) is 0 Å². The summed E-state index contributed by atoms with van der Waals surface area (Å²) < 4.78 is 1.13. The number of carbonyl (C=O) groups is 2. The first kappa shape index (κ1) is 11.2. The average molecular weight is 306 g/mol. The molecule has 0 aromatic heterocycles. The second kappa shape index (κ2) is 5.14. The number of carboxylic acids is 1. The van der Waals surface area contributed by atoms with Gasteiger partial charge in [0.05, 0.1) is 0 Å². The number of hydrogen-bond donors (Lipinski definition) is 1. The topological polar surface area (TPSA) is 54.4 Å². The quantitative estimate of drug-likeness (QED) is 0.659. The van der Waals surface area contributed by atoms with Crippen LogP contribution >= 0.6 is 0 Å². The molecule has 0 amide bonds. The molecule has 0 heterocycles. The zero-order chi connectivity index (χ0) is 10.6. The molecule has 0 saturated heterocycles. The molecule has 1 aromatic carbocycles. The number of rotatable bonds is 4. The fraction of sp³-hybridized carbons (Fsp3) is 0.200. The van der Waals surface area contributed by atoms with E-state index in [2.05, 4.69) is 0 Å². The van der Waals surface area contributed by atoms with Crippen LogP contribution in [0, 0.1) is 0 Å². The van der Waals surface area contributed by atoms with E-state index >= 15 is 0 Å². The third-order valence-corrected chi connectivity index (χ3v) is 4.64. The van der Waals surface area contributed by atoms with E-state index < -0.39 is 26.9 Å². The van der Waals surface area contributed by atoms with E-state index in [-0.39, 0.29) is 10.3 Å². The number of ketones is 1. The fourth-order valence-corrected chi connectivity index (χ4v) is 3.37. The Kier molecular flexibility index (Phi) is 4.12. The Labute approximate surface area is 92.2 Å². The maximum atomic E-state index is 11.2. The Hall–Kier alpha value is -0.850. The van der Waals surface area contributed by atoms with Gasteiger partial charge in [-0.1, -0.05) is 0 Å². The van der Waals surface area contributed by atoms with Gasteiger partial charge in [0.25, 0.3) is 0 Å². The minimum atomic E-state index is -0.786. The van der Waals surface area contributed by atoms with Crippen molar-refractivity contribution >= 4 is 36.3 Å². The standard InChI is InChI=1S/C10H10O3Te/c1-7(11)8-4-2-3-5-9(8)14-6-10(12)13/h2-5H,6H2,1H3,(H,12,13). The van der Waals surface area contributed by atoms with Crippen LogP contribution in [0.4, 0.5) is 0 Å². The minimum absolute atomic E-state index is 0.0103. The number of hydrogen-bond acceptors (Lipinski definition) is 2. The second-order valence-corrected chi connectivity index (χ2v) is 5.64. The first-order valence-electron chi connectivity index (χ1n) is 4.06. The molecule has 0 radical (unpaired) electrons. The number of carboxylic acid groups (broad SMARTS) is 1. The summed E-state index contributed by atoms with van der Waals surface area (Å²) in [7, 11) is 0. The van der Waals surface area contributed by atoms with Crippen molar-refractivity contribution in [3.8, 4) is 0 Å². The van der Waals surface area contributed by atoms with Crippen LogP contribution in [-0.2, 0) is 4.79 Å². The number of Topliss-reactive ketones (excluding diaryl/α,β-unsaturated/α-hetero) is 1. The van der Waals surface area contributed by atoms with Crippen LogP contribution < -0.4 is 3.61 Å². The molecule has 0 aliphatic heterocycles. The van der Waals surface area contributed by atoms with E-state index in [4.69, 9.17) is 5.11 Å². The predicted octanol–water partition coefficient (Wildman–Crippen LogP) is 0.722. The monoisotopic (exact) mass is 308 g/mol. The summed E-state index contributed by atoms with van der Waals surface area (Å²) in [4.78, 5) is 21.6. The predicted molar refractivity (Wildman–Crippen MR) is 54.3 cm³/mol. The molecular weight excluding hydrogens is 296 g/mol. The van der Waals surface area contributed by atoms with Gasteiger partial charge in [0.15, 0.2) is 0 Å². The van der Waals surface area contributed by atoms with Gasteiger partial charge in [0.1, 0.15) is 0 Å². The Bertz CT molecular complexity index is 360. The Morgan fingerprint density at radius 3 is 2.57 bits per heavy atom. The zero-order valence-electron chi connectivity index (χ0n) is 7.69. The summed E-state index contributed by atoms with van der Waals surface area (Å²) in [5.41, 5.74) is 0.677. The summed E-state index contributed by atoms with van der Waals surface area (Å²) in [6.45, 7) is 1.51. The van der Waals surface area contributed by atoms with Gasteiger partial charge in [-0.15, -0.1) is 0 Å². The summed E-state index contributed by atoms with van der Waals surface area (Å²) in [6, 6.07) is 7.24. The zero-order valence-corrected chi connectivity index (χ0v) is 10.0. The summed E-state index contributed by atoms with van der Waals surface area (Å²) in [5, 5.41) is 8.55. The molecule has 0 aliphatic rings. The van der Waals surface area contributed by atoms with Gasteiger partial charge in [-0.3, -0.25) is 0 Å². The Morgan fingerprint density at radius 1 is 1.36 bits per heavy atom. The first-order valence-corrected chi connectivity index (χ1v) is 6.87. The van der Waals surface area contributed by atoms with Crippen molar-refractivity contribution in [1.82, 2.24) is 0 Å².